The van der Waals surface area contributed by atoms with Crippen molar-refractivity contribution in [1.29, 1.82) is 5.26 Å². The molecule has 1 aliphatic heterocycles. The Labute approximate surface area is 139 Å². The second-order valence-electron chi connectivity index (χ2n) is 7.12. The number of carbonyl (C=O) groups excluding carboxylic acids is 2. The Morgan fingerprint density at radius 1 is 1.04 bits per heavy atom. The van der Waals surface area contributed by atoms with Crippen molar-refractivity contribution < 1.29 is 9.59 Å². The summed E-state index contributed by atoms with van der Waals surface area (Å²) >= 11 is 0. The molecule has 1 heterocycles. The summed E-state index contributed by atoms with van der Waals surface area (Å²) in [5.74, 6) is 0.900. The zero-order chi connectivity index (χ0) is 16.4. The second kappa shape index (κ2) is 4.64. The van der Waals surface area contributed by atoms with Crippen LogP contribution in [0.15, 0.2) is 41.5 Å². The van der Waals surface area contributed by atoms with Gasteiger partial charge in [-0.3, -0.25) is 9.59 Å². The minimum atomic E-state index is -0.214. The molecule has 6 atom stereocenters. The predicted octanol–water partition coefficient (Wildman–Crippen LogP) is 1.95. The summed E-state index contributed by atoms with van der Waals surface area (Å²) in [5.41, 5.74) is 1.32. The zero-order valence-corrected chi connectivity index (χ0v) is 12.9. The van der Waals surface area contributed by atoms with E-state index in [0.29, 0.717) is 17.4 Å². The Bertz CT molecular complexity index is 812. The highest BCUT2D eigenvalue weighted by molar-refractivity contribution is 6.06. The third-order valence-corrected chi connectivity index (χ3v) is 6.00. The minimum Gasteiger partial charge on any atom is -0.272 e. The van der Waals surface area contributed by atoms with Crippen LogP contribution in [0, 0.1) is 46.8 Å². The third kappa shape index (κ3) is 1.71. The minimum absolute atomic E-state index is 0.153. The summed E-state index contributed by atoms with van der Waals surface area (Å²) in [4.78, 5) is 25.5. The van der Waals surface area contributed by atoms with Gasteiger partial charge in [0.1, 0.15) is 0 Å². The van der Waals surface area contributed by atoms with Crippen LogP contribution in [0.2, 0.25) is 0 Å². The molecule has 0 N–H and O–H groups in total. The van der Waals surface area contributed by atoms with Gasteiger partial charge in [-0.2, -0.15) is 15.4 Å². The van der Waals surface area contributed by atoms with Gasteiger partial charge in [-0.15, -0.1) is 0 Å². The number of benzene rings is 1. The Kier molecular flexibility index (Phi) is 2.64. The highest BCUT2D eigenvalue weighted by atomic mass is 16.2. The Morgan fingerprint density at radius 2 is 1.62 bits per heavy atom. The van der Waals surface area contributed by atoms with Crippen molar-refractivity contribution in [2.24, 2.45) is 40.6 Å². The third-order valence-electron chi connectivity index (χ3n) is 6.00. The highest BCUT2D eigenvalue weighted by Crippen LogP contribution is 2.65. The van der Waals surface area contributed by atoms with Gasteiger partial charge in [-0.25, -0.2) is 0 Å². The van der Waals surface area contributed by atoms with E-state index in [1.807, 2.05) is 0 Å². The lowest BCUT2D eigenvalue weighted by molar-refractivity contribution is -0.140. The van der Waals surface area contributed by atoms with Gasteiger partial charge in [0.2, 0.25) is 0 Å². The average Bonchev–Trinajstić information content (AvgIpc) is 3.39. The Balaban J connectivity index is 1.42. The van der Waals surface area contributed by atoms with E-state index in [1.165, 1.54) is 6.21 Å². The number of nitriles is 1. The molecule has 0 unspecified atom stereocenters. The van der Waals surface area contributed by atoms with E-state index in [2.05, 4.69) is 23.3 Å². The number of imide groups is 1. The number of rotatable bonds is 2. The van der Waals surface area contributed by atoms with Crippen LogP contribution < -0.4 is 0 Å². The van der Waals surface area contributed by atoms with Crippen molar-refractivity contribution >= 4 is 18.0 Å². The smallest absolute Gasteiger partial charge is 0.254 e. The van der Waals surface area contributed by atoms with Crippen molar-refractivity contribution in [3.8, 4) is 6.07 Å². The maximum absolute atomic E-state index is 12.7. The fraction of sp³-hybridized carbons (Fsp3) is 0.368. The molecule has 6 rings (SSSR count). The lowest BCUT2D eigenvalue weighted by Crippen LogP contribution is -2.40. The first-order chi connectivity index (χ1) is 11.7. The first kappa shape index (κ1) is 13.7. The van der Waals surface area contributed by atoms with E-state index in [9.17, 15) is 9.59 Å². The van der Waals surface area contributed by atoms with E-state index < -0.39 is 0 Å². The summed E-state index contributed by atoms with van der Waals surface area (Å²) in [6, 6.07) is 8.93. The molecule has 5 nitrogen and oxygen atoms in total. The maximum atomic E-state index is 12.7. The Morgan fingerprint density at radius 3 is 2.17 bits per heavy atom. The second-order valence-corrected chi connectivity index (χ2v) is 7.12. The van der Waals surface area contributed by atoms with Gasteiger partial charge in [-0.1, -0.05) is 24.3 Å². The summed E-state index contributed by atoms with van der Waals surface area (Å²) in [6.07, 6.45) is 6.98. The van der Waals surface area contributed by atoms with E-state index >= 15 is 0 Å². The molecule has 1 aromatic rings. The van der Waals surface area contributed by atoms with Crippen LogP contribution in [0.1, 0.15) is 17.5 Å². The Hall–Kier alpha value is -2.74. The summed E-state index contributed by atoms with van der Waals surface area (Å²) in [5, 5.41) is 14.1. The van der Waals surface area contributed by atoms with Crippen LogP contribution in [0.3, 0.4) is 0 Å². The molecule has 2 amide bonds. The molecule has 1 aromatic carbocycles. The topological polar surface area (TPSA) is 73.5 Å². The normalized spacial score (nSPS) is 38.4. The van der Waals surface area contributed by atoms with Gasteiger partial charge in [0.15, 0.2) is 0 Å². The van der Waals surface area contributed by atoms with Gasteiger partial charge in [-0.05, 0) is 47.8 Å². The van der Waals surface area contributed by atoms with Gasteiger partial charge >= 0.3 is 0 Å². The highest BCUT2D eigenvalue weighted by Gasteiger charge is 2.67. The fourth-order valence-corrected chi connectivity index (χ4v) is 4.82. The number of carbonyl (C=O) groups is 2. The van der Waals surface area contributed by atoms with Crippen LogP contribution in [0.4, 0.5) is 0 Å². The van der Waals surface area contributed by atoms with Crippen LogP contribution in [-0.4, -0.2) is 23.0 Å². The lowest BCUT2D eigenvalue weighted by atomic mass is 9.63. The molecule has 0 aromatic heterocycles. The molecular formula is C19H15N3O2. The SMILES string of the molecule is N#Cc1ccc(/C=N\N2C(=O)[C@@H]3[C@H]4C=C[C@@H]([C@@H]5C[C@H]45)[C@H]3C2=O)cc1. The van der Waals surface area contributed by atoms with Crippen molar-refractivity contribution in [2.45, 2.75) is 6.42 Å². The van der Waals surface area contributed by atoms with Gasteiger partial charge < -0.3 is 0 Å². The van der Waals surface area contributed by atoms with Crippen LogP contribution in [0.25, 0.3) is 0 Å². The molecule has 118 valence electrons. The quantitative estimate of drug-likeness (QED) is 0.475. The summed E-state index contributed by atoms with van der Waals surface area (Å²) in [7, 11) is 0. The molecule has 4 aliphatic carbocycles. The molecule has 2 bridgehead atoms. The molecule has 1 saturated heterocycles. The predicted molar refractivity (Wildman–Crippen MR) is 85.3 cm³/mol. The molecule has 24 heavy (non-hydrogen) atoms. The molecule has 2 saturated carbocycles. The molecule has 5 heteroatoms. The monoisotopic (exact) mass is 317 g/mol. The maximum Gasteiger partial charge on any atom is 0.254 e. The lowest BCUT2D eigenvalue weighted by Gasteiger charge is -2.37. The van der Waals surface area contributed by atoms with Gasteiger partial charge in [0, 0.05) is 0 Å². The van der Waals surface area contributed by atoms with Crippen molar-refractivity contribution in [3.05, 3.63) is 47.5 Å². The van der Waals surface area contributed by atoms with Crippen molar-refractivity contribution in [1.82, 2.24) is 5.01 Å². The molecule has 3 fully saturated rings. The zero-order valence-electron chi connectivity index (χ0n) is 12.9. The fourth-order valence-electron chi connectivity index (χ4n) is 4.82. The van der Waals surface area contributed by atoms with Gasteiger partial charge in [0.25, 0.3) is 11.8 Å². The number of hydrogen-bond acceptors (Lipinski definition) is 4. The molecule has 0 spiro atoms. The molecule has 5 aliphatic rings. The van der Waals surface area contributed by atoms with Gasteiger partial charge in [0.05, 0.1) is 29.7 Å². The molecular weight excluding hydrogens is 302 g/mol. The average molecular weight is 317 g/mol. The van der Waals surface area contributed by atoms with Crippen molar-refractivity contribution in [2.75, 3.05) is 0 Å². The van der Waals surface area contributed by atoms with E-state index in [0.717, 1.165) is 17.0 Å². The van der Waals surface area contributed by atoms with Crippen LogP contribution >= 0.6 is 0 Å². The largest absolute Gasteiger partial charge is 0.272 e. The van der Waals surface area contributed by atoms with Crippen LogP contribution in [-0.2, 0) is 9.59 Å². The van der Waals surface area contributed by atoms with E-state index in [1.54, 1.807) is 24.3 Å². The summed E-state index contributed by atoms with van der Waals surface area (Å²) < 4.78 is 0. The van der Waals surface area contributed by atoms with E-state index in [4.69, 9.17) is 5.26 Å². The summed E-state index contributed by atoms with van der Waals surface area (Å²) in [6.45, 7) is 0. The standard InChI is InChI=1S/C19H15N3O2/c20-8-10-1-3-11(4-2-10)9-21-22-18(23)16-12-5-6-13(15-7-14(12)15)17(16)19(22)24/h1-6,9,12-17H,7H2/b21-9-/t12-,13-,14-,15+,16+,17+/m0/s1. The van der Waals surface area contributed by atoms with Crippen LogP contribution in [0.5, 0.6) is 0 Å². The first-order valence-corrected chi connectivity index (χ1v) is 8.29. The number of amides is 2. The number of hydrogen-bond donors (Lipinski definition) is 0. The van der Waals surface area contributed by atoms with Crippen molar-refractivity contribution in [3.63, 3.8) is 0 Å². The van der Waals surface area contributed by atoms with E-state index in [-0.39, 0.29) is 35.5 Å². The number of nitrogens with zero attached hydrogens (tertiary/aromatic N) is 3. The number of allylic oxidation sites excluding steroid dienone is 2. The first-order valence-electron chi connectivity index (χ1n) is 8.29. The number of hydrazone groups is 1. The molecule has 0 radical (unpaired) electrons.